The number of aryl methyl sites for hydroxylation is 1. The molecule has 3 rings (SSSR count). The number of para-hydroxylation sites is 1. The van der Waals surface area contributed by atoms with Gasteiger partial charge in [0.25, 0.3) is 0 Å². The van der Waals surface area contributed by atoms with Gasteiger partial charge in [0.1, 0.15) is 17.7 Å². The van der Waals surface area contributed by atoms with Crippen LogP contribution in [-0.2, 0) is 13.0 Å². The second kappa shape index (κ2) is 5.33. The molecule has 0 aliphatic heterocycles. The molecule has 0 saturated carbocycles. The van der Waals surface area contributed by atoms with Gasteiger partial charge in [-0.25, -0.2) is 4.98 Å². The van der Waals surface area contributed by atoms with Gasteiger partial charge in [-0.05, 0) is 12.5 Å². The number of ketones is 1. The molecule has 0 unspecified atom stereocenters. The Balaban J connectivity index is 1.87. The number of aromatic nitrogens is 2. The van der Waals surface area contributed by atoms with Crippen LogP contribution >= 0.6 is 0 Å². The van der Waals surface area contributed by atoms with E-state index in [0.29, 0.717) is 12.1 Å². The zero-order valence-electron chi connectivity index (χ0n) is 11.4. The molecular formula is C16H16N2O2. The number of hydrogen-bond donors (Lipinski definition) is 0. The molecule has 0 radical (unpaired) electrons. The number of carbonyl (C=O) groups is 1. The van der Waals surface area contributed by atoms with Gasteiger partial charge in [-0.3, -0.25) is 4.79 Å². The predicted octanol–water partition coefficient (Wildman–Crippen LogP) is 3.46. The van der Waals surface area contributed by atoms with Crippen molar-refractivity contribution in [3.05, 3.63) is 54.3 Å². The lowest BCUT2D eigenvalue weighted by molar-refractivity contribution is 0.0971. The van der Waals surface area contributed by atoms with E-state index in [1.54, 1.807) is 12.5 Å². The zero-order chi connectivity index (χ0) is 13.9. The summed E-state index contributed by atoms with van der Waals surface area (Å²) in [6, 6.07) is 7.59. The Morgan fingerprint density at radius 1 is 1.35 bits per heavy atom. The Hall–Kier alpha value is -2.36. The number of furan rings is 1. The lowest BCUT2D eigenvalue weighted by Crippen LogP contribution is -2.12. The molecule has 0 amide bonds. The summed E-state index contributed by atoms with van der Waals surface area (Å²) in [7, 11) is 0. The molecule has 0 saturated heterocycles. The molecule has 0 N–H and O–H groups in total. The van der Waals surface area contributed by atoms with Gasteiger partial charge in [-0.1, -0.05) is 25.1 Å². The van der Waals surface area contributed by atoms with Crippen LogP contribution in [0.15, 0.2) is 47.3 Å². The minimum Gasteiger partial charge on any atom is -0.464 e. The van der Waals surface area contributed by atoms with Gasteiger partial charge in [0.2, 0.25) is 0 Å². The molecule has 1 aromatic carbocycles. The highest BCUT2D eigenvalue weighted by molar-refractivity contribution is 6.06. The molecule has 3 aromatic rings. The molecule has 0 spiro atoms. The zero-order valence-corrected chi connectivity index (χ0v) is 11.4. The SMILES string of the molecule is CCCc1nccn1CC(=O)c1coc2ccccc12. The highest BCUT2D eigenvalue weighted by Gasteiger charge is 2.15. The van der Waals surface area contributed by atoms with Crippen molar-refractivity contribution in [2.75, 3.05) is 0 Å². The number of hydrogen-bond acceptors (Lipinski definition) is 3. The molecule has 0 atom stereocenters. The van der Waals surface area contributed by atoms with Crippen molar-refractivity contribution in [3.63, 3.8) is 0 Å². The second-order valence-electron chi connectivity index (χ2n) is 4.79. The first-order valence-electron chi connectivity index (χ1n) is 6.79. The average molecular weight is 268 g/mol. The van der Waals surface area contributed by atoms with E-state index in [1.165, 1.54) is 0 Å². The Kier molecular flexibility index (Phi) is 3.37. The second-order valence-corrected chi connectivity index (χ2v) is 4.79. The molecular weight excluding hydrogens is 252 g/mol. The van der Waals surface area contributed by atoms with Gasteiger partial charge in [-0.15, -0.1) is 0 Å². The number of imidazole rings is 1. The summed E-state index contributed by atoms with van der Waals surface area (Å²) >= 11 is 0. The smallest absolute Gasteiger partial charge is 0.186 e. The molecule has 20 heavy (non-hydrogen) atoms. The van der Waals surface area contributed by atoms with Gasteiger partial charge in [0.15, 0.2) is 5.78 Å². The number of benzene rings is 1. The first-order valence-corrected chi connectivity index (χ1v) is 6.79. The largest absolute Gasteiger partial charge is 0.464 e. The summed E-state index contributed by atoms with van der Waals surface area (Å²) in [5, 5.41) is 0.870. The minimum atomic E-state index is 0.0466. The topological polar surface area (TPSA) is 48.0 Å². The van der Waals surface area contributed by atoms with Crippen LogP contribution < -0.4 is 0 Å². The Morgan fingerprint density at radius 3 is 3.05 bits per heavy atom. The Labute approximate surface area is 117 Å². The number of Topliss-reactive ketones (excluding diaryl/α,β-unsaturated/α-hetero) is 1. The summed E-state index contributed by atoms with van der Waals surface area (Å²) in [6.07, 6.45) is 7.03. The van der Waals surface area contributed by atoms with E-state index >= 15 is 0 Å². The molecule has 0 bridgehead atoms. The van der Waals surface area contributed by atoms with Crippen molar-refractivity contribution < 1.29 is 9.21 Å². The molecule has 102 valence electrons. The van der Waals surface area contributed by atoms with Crippen LogP contribution in [-0.4, -0.2) is 15.3 Å². The fraction of sp³-hybridized carbons (Fsp3) is 0.250. The van der Waals surface area contributed by atoms with Gasteiger partial charge in [0.05, 0.1) is 12.1 Å². The third-order valence-electron chi connectivity index (χ3n) is 3.37. The lowest BCUT2D eigenvalue weighted by Gasteiger charge is -2.05. The van der Waals surface area contributed by atoms with E-state index < -0.39 is 0 Å². The average Bonchev–Trinajstić information content (AvgIpc) is 3.06. The first kappa shape index (κ1) is 12.7. The summed E-state index contributed by atoms with van der Waals surface area (Å²) in [5.74, 6) is 0.999. The van der Waals surface area contributed by atoms with Gasteiger partial charge >= 0.3 is 0 Å². The van der Waals surface area contributed by atoms with Crippen LogP contribution in [0.4, 0.5) is 0 Å². The van der Waals surface area contributed by atoms with Crippen LogP contribution in [0, 0.1) is 0 Å². The van der Waals surface area contributed by atoms with E-state index in [-0.39, 0.29) is 5.78 Å². The fourth-order valence-corrected chi connectivity index (χ4v) is 2.37. The van der Waals surface area contributed by atoms with Crippen molar-refractivity contribution in [1.29, 1.82) is 0 Å². The van der Waals surface area contributed by atoms with E-state index in [2.05, 4.69) is 11.9 Å². The molecule has 2 heterocycles. The number of nitrogens with zero attached hydrogens (tertiary/aromatic N) is 2. The number of rotatable bonds is 5. The molecule has 0 fully saturated rings. The Bertz CT molecular complexity index is 740. The quantitative estimate of drug-likeness (QED) is 0.666. The van der Waals surface area contributed by atoms with Gasteiger partial charge < -0.3 is 8.98 Å². The van der Waals surface area contributed by atoms with Gasteiger partial charge in [-0.2, -0.15) is 0 Å². The molecule has 2 aromatic heterocycles. The number of fused-ring (bicyclic) bond motifs is 1. The maximum atomic E-state index is 12.4. The third kappa shape index (κ3) is 2.25. The normalized spacial score (nSPS) is 11.1. The van der Waals surface area contributed by atoms with Crippen molar-refractivity contribution in [3.8, 4) is 0 Å². The predicted molar refractivity (Wildman–Crippen MR) is 76.8 cm³/mol. The standard InChI is InChI=1S/C16H16N2O2/c1-2-5-16-17-8-9-18(16)10-14(19)13-11-20-15-7-4-3-6-12(13)15/h3-4,6-9,11H,2,5,10H2,1H3. The van der Waals surface area contributed by atoms with E-state index in [0.717, 1.165) is 29.6 Å². The fourth-order valence-electron chi connectivity index (χ4n) is 2.37. The maximum Gasteiger partial charge on any atom is 0.186 e. The van der Waals surface area contributed by atoms with Gasteiger partial charge in [0, 0.05) is 24.2 Å². The first-order chi connectivity index (χ1) is 9.79. The van der Waals surface area contributed by atoms with E-state index in [4.69, 9.17) is 4.42 Å². The van der Waals surface area contributed by atoms with Crippen molar-refractivity contribution in [2.45, 2.75) is 26.3 Å². The number of carbonyl (C=O) groups excluding carboxylic acids is 1. The van der Waals surface area contributed by atoms with Crippen LogP contribution in [0.1, 0.15) is 29.5 Å². The van der Waals surface area contributed by atoms with Crippen molar-refractivity contribution in [1.82, 2.24) is 9.55 Å². The van der Waals surface area contributed by atoms with E-state index in [9.17, 15) is 4.79 Å². The Morgan fingerprint density at radius 2 is 2.20 bits per heavy atom. The molecule has 0 aliphatic carbocycles. The monoisotopic (exact) mass is 268 g/mol. The molecule has 0 aliphatic rings. The summed E-state index contributed by atoms with van der Waals surface area (Å²) in [6.45, 7) is 2.41. The summed E-state index contributed by atoms with van der Waals surface area (Å²) in [5.41, 5.74) is 1.38. The highest BCUT2D eigenvalue weighted by atomic mass is 16.3. The summed E-state index contributed by atoms with van der Waals surface area (Å²) in [4.78, 5) is 16.7. The maximum absolute atomic E-state index is 12.4. The third-order valence-corrected chi connectivity index (χ3v) is 3.37. The van der Waals surface area contributed by atoms with Crippen LogP contribution in [0.25, 0.3) is 11.0 Å². The van der Waals surface area contributed by atoms with E-state index in [1.807, 2.05) is 35.0 Å². The van der Waals surface area contributed by atoms with Crippen LogP contribution in [0.3, 0.4) is 0 Å². The molecule has 4 nitrogen and oxygen atoms in total. The van der Waals surface area contributed by atoms with Crippen LogP contribution in [0.5, 0.6) is 0 Å². The van der Waals surface area contributed by atoms with Crippen molar-refractivity contribution in [2.24, 2.45) is 0 Å². The summed E-state index contributed by atoms with van der Waals surface area (Å²) < 4.78 is 7.33. The lowest BCUT2D eigenvalue weighted by atomic mass is 10.1. The van der Waals surface area contributed by atoms with Crippen molar-refractivity contribution >= 4 is 16.8 Å². The van der Waals surface area contributed by atoms with Crippen LogP contribution in [0.2, 0.25) is 0 Å². The molecule has 4 heteroatoms. The minimum absolute atomic E-state index is 0.0466. The highest BCUT2D eigenvalue weighted by Crippen LogP contribution is 2.21.